The van der Waals surface area contributed by atoms with E-state index in [1.807, 2.05) is 20.8 Å². The standard InChI is InChI=1S/C18H28N2O.ClH/c1-7-9-20-10-8-14-12(2)11-13(3)15(16(14)20)19-17(21)18(4,5)6;/h11H,7-10H2,1-6H3,(H,19,21);1H. The largest absolute Gasteiger partial charge is 0.369 e. The second-order valence-electron chi connectivity index (χ2n) is 7.15. The molecule has 4 heteroatoms. The van der Waals surface area contributed by atoms with Crippen LogP contribution in [0.4, 0.5) is 11.4 Å². The van der Waals surface area contributed by atoms with Crippen molar-refractivity contribution in [2.45, 2.75) is 54.4 Å². The second kappa shape index (κ2) is 6.91. The van der Waals surface area contributed by atoms with Gasteiger partial charge in [0, 0.05) is 18.5 Å². The SMILES string of the molecule is CCCN1CCc2c(C)cc(C)c(NC(=O)C(C)(C)C)c21.Cl. The molecule has 3 nitrogen and oxygen atoms in total. The maximum atomic E-state index is 12.4. The Morgan fingerprint density at radius 1 is 1.27 bits per heavy atom. The van der Waals surface area contributed by atoms with E-state index >= 15 is 0 Å². The summed E-state index contributed by atoms with van der Waals surface area (Å²) in [5, 5.41) is 3.19. The maximum Gasteiger partial charge on any atom is 0.229 e. The zero-order chi connectivity index (χ0) is 15.8. The highest BCUT2D eigenvalue weighted by atomic mass is 35.5. The lowest BCUT2D eigenvalue weighted by Crippen LogP contribution is -2.29. The van der Waals surface area contributed by atoms with Gasteiger partial charge in [-0.15, -0.1) is 12.4 Å². The molecule has 1 aliphatic rings. The Bertz CT molecular complexity index is 561. The minimum absolute atomic E-state index is 0. The first-order valence-corrected chi connectivity index (χ1v) is 7.95. The van der Waals surface area contributed by atoms with Gasteiger partial charge in [-0.25, -0.2) is 0 Å². The fourth-order valence-electron chi connectivity index (χ4n) is 2.98. The van der Waals surface area contributed by atoms with Gasteiger partial charge in [-0.1, -0.05) is 33.8 Å². The molecule has 1 heterocycles. The van der Waals surface area contributed by atoms with Gasteiger partial charge in [0.25, 0.3) is 0 Å². The first-order chi connectivity index (χ1) is 9.75. The van der Waals surface area contributed by atoms with E-state index in [1.54, 1.807) is 0 Å². The van der Waals surface area contributed by atoms with Crippen LogP contribution in [-0.4, -0.2) is 19.0 Å². The van der Waals surface area contributed by atoms with E-state index in [0.29, 0.717) is 0 Å². The van der Waals surface area contributed by atoms with Crippen LogP contribution in [0.1, 0.15) is 50.8 Å². The number of rotatable bonds is 3. The van der Waals surface area contributed by atoms with E-state index in [9.17, 15) is 4.79 Å². The molecule has 124 valence electrons. The first-order valence-electron chi connectivity index (χ1n) is 7.95. The van der Waals surface area contributed by atoms with Crippen LogP contribution >= 0.6 is 12.4 Å². The van der Waals surface area contributed by atoms with E-state index in [2.05, 4.69) is 37.1 Å². The summed E-state index contributed by atoms with van der Waals surface area (Å²) in [5.41, 5.74) is 5.80. The average Bonchev–Trinajstić information content (AvgIpc) is 2.78. The van der Waals surface area contributed by atoms with E-state index < -0.39 is 0 Å². The molecule has 0 bridgehead atoms. The Balaban J connectivity index is 0.00000242. The normalized spacial score (nSPS) is 13.6. The molecule has 0 saturated heterocycles. The molecule has 0 unspecified atom stereocenters. The second-order valence-corrected chi connectivity index (χ2v) is 7.15. The Morgan fingerprint density at radius 3 is 2.45 bits per heavy atom. The van der Waals surface area contributed by atoms with Crippen LogP contribution in [0.15, 0.2) is 6.07 Å². The number of hydrogen-bond donors (Lipinski definition) is 1. The number of carbonyl (C=O) groups is 1. The van der Waals surface area contributed by atoms with Crippen molar-refractivity contribution >= 4 is 29.7 Å². The van der Waals surface area contributed by atoms with E-state index in [0.717, 1.165) is 37.2 Å². The number of benzene rings is 1. The molecule has 0 atom stereocenters. The van der Waals surface area contributed by atoms with Gasteiger partial charge in [-0.05, 0) is 43.4 Å². The van der Waals surface area contributed by atoms with Gasteiger partial charge in [0.1, 0.15) is 0 Å². The van der Waals surface area contributed by atoms with Gasteiger partial charge in [0.2, 0.25) is 5.91 Å². The molecule has 0 saturated carbocycles. The van der Waals surface area contributed by atoms with Gasteiger partial charge in [0.15, 0.2) is 0 Å². The molecule has 1 aliphatic heterocycles. The van der Waals surface area contributed by atoms with Crippen LogP contribution in [-0.2, 0) is 11.2 Å². The number of halogens is 1. The molecule has 2 rings (SSSR count). The average molecular weight is 325 g/mol. The molecule has 0 fully saturated rings. The lowest BCUT2D eigenvalue weighted by molar-refractivity contribution is -0.123. The number of aryl methyl sites for hydroxylation is 2. The lowest BCUT2D eigenvalue weighted by atomic mass is 9.94. The molecule has 1 N–H and O–H groups in total. The fraction of sp³-hybridized carbons (Fsp3) is 0.611. The van der Waals surface area contributed by atoms with Crippen molar-refractivity contribution in [3.05, 3.63) is 22.8 Å². The Labute approximate surface area is 140 Å². The van der Waals surface area contributed by atoms with Crippen LogP contribution in [0.3, 0.4) is 0 Å². The molecule has 0 spiro atoms. The number of nitrogens with one attached hydrogen (secondary N) is 1. The van der Waals surface area contributed by atoms with Crippen LogP contribution in [0.25, 0.3) is 0 Å². The zero-order valence-electron chi connectivity index (χ0n) is 14.7. The van der Waals surface area contributed by atoms with Gasteiger partial charge in [-0.2, -0.15) is 0 Å². The minimum atomic E-state index is -0.377. The highest BCUT2D eigenvalue weighted by Crippen LogP contribution is 2.40. The molecule has 22 heavy (non-hydrogen) atoms. The number of fused-ring (bicyclic) bond motifs is 1. The topological polar surface area (TPSA) is 32.3 Å². The highest BCUT2D eigenvalue weighted by molar-refractivity contribution is 5.99. The zero-order valence-corrected chi connectivity index (χ0v) is 15.5. The van der Waals surface area contributed by atoms with E-state index in [-0.39, 0.29) is 23.7 Å². The summed E-state index contributed by atoms with van der Waals surface area (Å²) in [5.74, 6) is 0.0833. The molecular weight excluding hydrogens is 296 g/mol. The van der Waals surface area contributed by atoms with Gasteiger partial charge >= 0.3 is 0 Å². The Morgan fingerprint density at radius 2 is 1.91 bits per heavy atom. The van der Waals surface area contributed by atoms with E-state index in [1.165, 1.54) is 16.8 Å². The lowest BCUT2D eigenvalue weighted by Gasteiger charge is -2.26. The van der Waals surface area contributed by atoms with Crippen molar-refractivity contribution in [2.24, 2.45) is 5.41 Å². The molecule has 0 aliphatic carbocycles. The van der Waals surface area contributed by atoms with Crippen molar-refractivity contribution in [3.8, 4) is 0 Å². The fourth-order valence-corrected chi connectivity index (χ4v) is 2.98. The summed E-state index contributed by atoms with van der Waals surface area (Å²) in [6, 6.07) is 2.20. The van der Waals surface area contributed by atoms with Crippen molar-refractivity contribution in [1.29, 1.82) is 0 Å². The van der Waals surface area contributed by atoms with Crippen molar-refractivity contribution < 1.29 is 4.79 Å². The van der Waals surface area contributed by atoms with Crippen LogP contribution in [0.5, 0.6) is 0 Å². The highest BCUT2D eigenvalue weighted by Gasteiger charge is 2.28. The monoisotopic (exact) mass is 324 g/mol. The molecule has 0 radical (unpaired) electrons. The third-order valence-corrected chi connectivity index (χ3v) is 4.19. The van der Waals surface area contributed by atoms with Gasteiger partial charge in [0.05, 0.1) is 11.4 Å². The number of carbonyl (C=O) groups excluding carboxylic acids is 1. The maximum absolute atomic E-state index is 12.4. The first kappa shape index (κ1) is 18.8. The number of hydrogen-bond acceptors (Lipinski definition) is 2. The molecule has 1 aromatic rings. The molecule has 0 aromatic heterocycles. The van der Waals surface area contributed by atoms with Gasteiger partial charge < -0.3 is 10.2 Å². The third-order valence-electron chi connectivity index (χ3n) is 4.19. The third kappa shape index (κ3) is 3.57. The molecular formula is C18H29ClN2O. The molecule has 1 aromatic carbocycles. The minimum Gasteiger partial charge on any atom is -0.369 e. The Kier molecular flexibility index (Phi) is 5.91. The predicted octanol–water partition coefficient (Wildman–Crippen LogP) is 4.48. The number of amides is 1. The number of nitrogens with zero attached hydrogens (tertiary/aromatic N) is 1. The van der Waals surface area contributed by atoms with Crippen molar-refractivity contribution in [2.75, 3.05) is 23.3 Å². The summed E-state index contributed by atoms with van der Waals surface area (Å²) in [6.45, 7) is 14.4. The summed E-state index contributed by atoms with van der Waals surface area (Å²) in [7, 11) is 0. The summed E-state index contributed by atoms with van der Waals surface area (Å²) < 4.78 is 0. The Hall–Kier alpha value is -1.22. The quantitative estimate of drug-likeness (QED) is 0.889. The van der Waals surface area contributed by atoms with Crippen LogP contribution < -0.4 is 10.2 Å². The van der Waals surface area contributed by atoms with E-state index in [4.69, 9.17) is 0 Å². The van der Waals surface area contributed by atoms with Crippen molar-refractivity contribution in [3.63, 3.8) is 0 Å². The summed E-state index contributed by atoms with van der Waals surface area (Å²) in [4.78, 5) is 14.8. The smallest absolute Gasteiger partial charge is 0.229 e. The van der Waals surface area contributed by atoms with Crippen LogP contribution in [0.2, 0.25) is 0 Å². The van der Waals surface area contributed by atoms with Gasteiger partial charge in [-0.3, -0.25) is 4.79 Å². The predicted molar refractivity (Wildman–Crippen MR) is 97.5 cm³/mol. The number of anilines is 2. The molecule has 1 amide bonds. The van der Waals surface area contributed by atoms with Crippen LogP contribution in [0, 0.1) is 19.3 Å². The van der Waals surface area contributed by atoms with Crippen molar-refractivity contribution in [1.82, 2.24) is 0 Å². The summed E-state index contributed by atoms with van der Waals surface area (Å²) in [6.07, 6.45) is 2.21. The summed E-state index contributed by atoms with van der Waals surface area (Å²) >= 11 is 0.